The molecule has 1 heterocycles. The molecule has 2 rings (SSSR count). The minimum atomic E-state index is -0.502. The van der Waals surface area contributed by atoms with Gasteiger partial charge < -0.3 is 4.74 Å². The molecule has 1 aromatic heterocycles. The first-order chi connectivity index (χ1) is 10.2. The summed E-state index contributed by atoms with van der Waals surface area (Å²) in [4.78, 5) is 26.0. The summed E-state index contributed by atoms with van der Waals surface area (Å²) in [6.45, 7) is 0.348. The van der Waals surface area contributed by atoms with Crippen molar-refractivity contribution in [1.82, 2.24) is 4.98 Å². The summed E-state index contributed by atoms with van der Waals surface area (Å²) in [5, 5.41) is 10.5. The summed E-state index contributed by atoms with van der Waals surface area (Å²) in [5.41, 5.74) is 1.27. The van der Waals surface area contributed by atoms with Crippen molar-refractivity contribution in [3.05, 3.63) is 70.0 Å². The molecule has 6 heteroatoms. The van der Waals surface area contributed by atoms with Crippen LogP contribution in [0.5, 0.6) is 0 Å². The van der Waals surface area contributed by atoms with Crippen LogP contribution in [0.1, 0.15) is 16.1 Å². The van der Waals surface area contributed by atoms with Crippen molar-refractivity contribution in [2.75, 3.05) is 13.2 Å². The van der Waals surface area contributed by atoms with E-state index in [-0.39, 0.29) is 18.1 Å². The fourth-order valence-electron chi connectivity index (χ4n) is 1.74. The Bertz CT molecular complexity index is 611. The Morgan fingerprint density at radius 1 is 1.19 bits per heavy atom. The van der Waals surface area contributed by atoms with Gasteiger partial charge in [0.05, 0.1) is 11.5 Å². The molecule has 21 heavy (non-hydrogen) atoms. The monoisotopic (exact) mass is 286 g/mol. The lowest BCUT2D eigenvalue weighted by molar-refractivity contribution is -0.384. The van der Waals surface area contributed by atoms with Crippen LogP contribution in [0, 0.1) is 10.1 Å². The van der Waals surface area contributed by atoms with Crippen LogP contribution in [0.2, 0.25) is 0 Å². The number of carbonyl (C=O) groups excluding carboxylic acids is 1. The second kappa shape index (κ2) is 7.25. The number of hydrogen-bond donors (Lipinski definition) is 0. The molecule has 0 saturated carbocycles. The number of non-ortho nitro benzene ring substituents is 1. The maximum Gasteiger partial charge on any atom is 0.269 e. The van der Waals surface area contributed by atoms with E-state index in [4.69, 9.17) is 4.74 Å². The Kier molecular flexibility index (Phi) is 5.11. The highest BCUT2D eigenvalue weighted by molar-refractivity contribution is 5.97. The summed E-state index contributed by atoms with van der Waals surface area (Å²) in [6, 6.07) is 11.1. The van der Waals surface area contributed by atoms with Gasteiger partial charge in [0, 0.05) is 36.0 Å². The number of ether oxygens (including phenoxy) is 1. The van der Waals surface area contributed by atoms with Gasteiger partial charge in [0.15, 0.2) is 5.78 Å². The van der Waals surface area contributed by atoms with Gasteiger partial charge in [0.25, 0.3) is 5.69 Å². The number of nitro benzene ring substituents is 1. The van der Waals surface area contributed by atoms with Gasteiger partial charge in [-0.1, -0.05) is 6.07 Å². The van der Waals surface area contributed by atoms with Gasteiger partial charge in [-0.15, -0.1) is 0 Å². The molecule has 108 valence electrons. The maximum atomic E-state index is 11.8. The van der Waals surface area contributed by atoms with E-state index >= 15 is 0 Å². The highest BCUT2D eigenvalue weighted by Crippen LogP contribution is 2.12. The lowest BCUT2D eigenvalue weighted by atomic mass is 10.1. The number of aromatic nitrogens is 1. The molecule has 0 amide bonds. The normalized spacial score (nSPS) is 10.3. The van der Waals surface area contributed by atoms with Crippen molar-refractivity contribution in [2.45, 2.75) is 6.42 Å². The lowest BCUT2D eigenvalue weighted by Crippen LogP contribution is -2.11. The number of nitrogens with zero attached hydrogens (tertiary/aromatic N) is 2. The molecular weight excluding hydrogens is 272 g/mol. The second-order valence-corrected chi connectivity index (χ2v) is 4.35. The predicted octanol–water partition coefficient (Wildman–Crippen LogP) is 2.43. The van der Waals surface area contributed by atoms with E-state index in [9.17, 15) is 14.9 Å². The number of pyridine rings is 1. The number of ketones is 1. The highest BCUT2D eigenvalue weighted by atomic mass is 16.6. The first kappa shape index (κ1) is 14.8. The third-order valence-electron chi connectivity index (χ3n) is 2.86. The molecule has 0 saturated heterocycles. The molecule has 0 unspecified atom stereocenters. The van der Waals surface area contributed by atoms with Gasteiger partial charge in [-0.2, -0.15) is 0 Å². The van der Waals surface area contributed by atoms with E-state index in [0.717, 1.165) is 5.69 Å². The van der Waals surface area contributed by atoms with Crippen molar-refractivity contribution >= 4 is 11.5 Å². The van der Waals surface area contributed by atoms with Gasteiger partial charge in [-0.25, -0.2) is 0 Å². The predicted molar refractivity (Wildman–Crippen MR) is 76.2 cm³/mol. The Balaban J connectivity index is 1.78. The van der Waals surface area contributed by atoms with Crippen LogP contribution in [-0.2, 0) is 11.2 Å². The van der Waals surface area contributed by atoms with Gasteiger partial charge in [0.1, 0.15) is 6.61 Å². The van der Waals surface area contributed by atoms with E-state index in [2.05, 4.69) is 4.98 Å². The fraction of sp³-hybridized carbons (Fsp3) is 0.200. The van der Waals surface area contributed by atoms with E-state index < -0.39 is 4.92 Å². The minimum absolute atomic E-state index is 0.0392. The van der Waals surface area contributed by atoms with Gasteiger partial charge in [-0.05, 0) is 24.3 Å². The summed E-state index contributed by atoms with van der Waals surface area (Å²) < 4.78 is 5.31. The van der Waals surface area contributed by atoms with E-state index in [1.807, 2.05) is 18.2 Å². The zero-order valence-corrected chi connectivity index (χ0v) is 11.3. The van der Waals surface area contributed by atoms with Crippen LogP contribution in [0.25, 0.3) is 0 Å². The molecule has 0 fully saturated rings. The molecular formula is C15H14N2O4. The van der Waals surface area contributed by atoms with Crippen LogP contribution in [-0.4, -0.2) is 28.9 Å². The number of nitro groups is 1. The molecule has 0 radical (unpaired) electrons. The zero-order chi connectivity index (χ0) is 15.1. The second-order valence-electron chi connectivity index (χ2n) is 4.35. The van der Waals surface area contributed by atoms with E-state index in [0.29, 0.717) is 18.6 Å². The Hall–Kier alpha value is -2.60. The number of hydrogen-bond acceptors (Lipinski definition) is 5. The third-order valence-corrected chi connectivity index (χ3v) is 2.86. The first-order valence-corrected chi connectivity index (χ1v) is 6.42. The van der Waals surface area contributed by atoms with Crippen molar-refractivity contribution in [3.63, 3.8) is 0 Å². The standard InChI is InChI=1S/C15H14N2O4/c18-15(12-4-6-14(7-5-12)17(19)20)11-21-10-8-13-3-1-2-9-16-13/h1-7,9H,8,10-11H2. The Morgan fingerprint density at radius 2 is 1.95 bits per heavy atom. The SMILES string of the molecule is O=C(COCCc1ccccn1)c1ccc([N+](=O)[O-])cc1. The van der Waals surface area contributed by atoms with Gasteiger partial charge >= 0.3 is 0 Å². The molecule has 0 atom stereocenters. The molecule has 0 aliphatic heterocycles. The van der Waals surface area contributed by atoms with Gasteiger partial charge in [0.2, 0.25) is 0 Å². The van der Waals surface area contributed by atoms with Crippen LogP contribution < -0.4 is 0 Å². The minimum Gasteiger partial charge on any atom is -0.373 e. The average molecular weight is 286 g/mol. The van der Waals surface area contributed by atoms with Crippen LogP contribution in [0.3, 0.4) is 0 Å². The lowest BCUT2D eigenvalue weighted by Gasteiger charge is -2.03. The molecule has 0 aliphatic carbocycles. The van der Waals surface area contributed by atoms with Crippen LogP contribution >= 0.6 is 0 Å². The average Bonchev–Trinajstić information content (AvgIpc) is 2.52. The number of carbonyl (C=O) groups is 1. The topological polar surface area (TPSA) is 82.3 Å². The van der Waals surface area contributed by atoms with Crippen molar-refractivity contribution < 1.29 is 14.5 Å². The summed E-state index contributed by atoms with van der Waals surface area (Å²) in [5.74, 6) is -0.203. The van der Waals surface area contributed by atoms with Crippen LogP contribution in [0.15, 0.2) is 48.7 Å². The third kappa shape index (κ3) is 4.47. The summed E-state index contributed by atoms with van der Waals surface area (Å²) in [6.07, 6.45) is 2.34. The Labute approximate surface area is 121 Å². The summed E-state index contributed by atoms with van der Waals surface area (Å²) >= 11 is 0. The first-order valence-electron chi connectivity index (χ1n) is 6.42. The maximum absolute atomic E-state index is 11.8. The molecule has 0 bridgehead atoms. The largest absolute Gasteiger partial charge is 0.373 e. The quantitative estimate of drug-likeness (QED) is 0.338. The molecule has 6 nitrogen and oxygen atoms in total. The Morgan fingerprint density at radius 3 is 2.57 bits per heavy atom. The molecule has 0 aliphatic rings. The van der Waals surface area contributed by atoms with E-state index in [1.54, 1.807) is 6.20 Å². The molecule has 0 spiro atoms. The molecule has 0 N–H and O–H groups in total. The van der Waals surface area contributed by atoms with Gasteiger partial charge in [-0.3, -0.25) is 19.9 Å². The van der Waals surface area contributed by atoms with Crippen molar-refractivity contribution in [1.29, 1.82) is 0 Å². The molecule has 1 aromatic carbocycles. The summed E-state index contributed by atoms with van der Waals surface area (Å²) in [7, 11) is 0. The number of Topliss-reactive ketones (excluding diaryl/α,β-unsaturated/α-hetero) is 1. The zero-order valence-electron chi connectivity index (χ0n) is 11.3. The van der Waals surface area contributed by atoms with E-state index in [1.165, 1.54) is 24.3 Å². The number of rotatable bonds is 7. The smallest absolute Gasteiger partial charge is 0.269 e. The highest BCUT2D eigenvalue weighted by Gasteiger charge is 2.09. The van der Waals surface area contributed by atoms with Crippen molar-refractivity contribution in [3.8, 4) is 0 Å². The van der Waals surface area contributed by atoms with Crippen molar-refractivity contribution in [2.24, 2.45) is 0 Å². The fourth-order valence-corrected chi connectivity index (χ4v) is 1.74. The molecule has 2 aromatic rings. The van der Waals surface area contributed by atoms with Crippen LogP contribution in [0.4, 0.5) is 5.69 Å². The number of benzene rings is 1.